The molecule has 11 heavy (non-hydrogen) atoms. The van der Waals surface area contributed by atoms with Crippen LogP contribution in [0.1, 0.15) is 26.7 Å². The lowest BCUT2D eigenvalue weighted by molar-refractivity contribution is -0.120. The average Bonchev–Trinajstić information content (AvgIpc) is 2.31. The van der Waals surface area contributed by atoms with E-state index in [0.717, 1.165) is 12.8 Å². The van der Waals surface area contributed by atoms with Gasteiger partial charge in [-0.05, 0) is 25.7 Å². The first-order valence-corrected chi connectivity index (χ1v) is 4.18. The van der Waals surface area contributed by atoms with E-state index in [2.05, 4.69) is 6.92 Å². The van der Waals surface area contributed by atoms with Gasteiger partial charge in [-0.25, -0.2) is 0 Å². The maximum Gasteiger partial charge on any atom is 0.133 e. The van der Waals surface area contributed by atoms with Crippen molar-refractivity contribution in [3.8, 4) is 0 Å². The van der Waals surface area contributed by atoms with Crippen LogP contribution >= 0.6 is 0 Å². The van der Waals surface area contributed by atoms with E-state index in [9.17, 15) is 4.79 Å². The maximum atomic E-state index is 11.0. The second-order valence-electron chi connectivity index (χ2n) is 3.53. The fraction of sp³-hybridized carbons (Fsp3) is 0.889. The Bertz CT molecular complexity index is 154. The predicted molar refractivity (Wildman–Crippen MR) is 43.4 cm³/mol. The number of carbonyl (C=O) groups is 1. The third-order valence-corrected chi connectivity index (χ3v) is 2.69. The molecular formula is C9H16O2. The van der Waals surface area contributed by atoms with Crippen molar-refractivity contribution in [3.63, 3.8) is 0 Å². The lowest BCUT2D eigenvalue weighted by Gasteiger charge is -2.11. The highest BCUT2D eigenvalue weighted by molar-refractivity contribution is 5.78. The lowest BCUT2D eigenvalue weighted by Crippen LogP contribution is -2.13. The summed E-state index contributed by atoms with van der Waals surface area (Å²) in [7, 11) is 1.73. The summed E-state index contributed by atoms with van der Waals surface area (Å²) in [6, 6.07) is 0. The van der Waals surface area contributed by atoms with Crippen LogP contribution in [0.25, 0.3) is 0 Å². The molecule has 2 heteroatoms. The Hall–Kier alpha value is -0.370. The van der Waals surface area contributed by atoms with Crippen LogP contribution in [0.4, 0.5) is 0 Å². The molecule has 3 unspecified atom stereocenters. The summed E-state index contributed by atoms with van der Waals surface area (Å²) in [4.78, 5) is 11.0. The van der Waals surface area contributed by atoms with E-state index in [0.29, 0.717) is 17.8 Å². The van der Waals surface area contributed by atoms with E-state index in [4.69, 9.17) is 4.74 Å². The summed E-state index contributed by atoms with van der Waals surface area (Å²) in [5.41, 5.74) is 0. The van der Waals surface area contributed by atoms with Crippen LogP contribution in [0.3, 0.4) is 0 Å². The van der Waals surface area contributed by atoms with Crippen molar-refractivity contribution in [2.24, 2.45) is 11.8 Å². The van der Waals surface area contributed by atoms with Crippen molar-refractivity contribution in [3.05, 3.63) is 0 Å². The minimum atomic E-state index is 0.259. The second-order valence-corrected chi connectivity index (χ2v) is 3.53. The molecule has 0 spiro atoms. The Kier molecular flexibility index (Phi) is 2.66. The molecule has 0 amide bonds. The highest BCUT2D eigenvalue weighted by Crippen LogP contribution is 2.32. The largest absolute Gasteiger partial charge is 0.381 e. The Balaban J connectivity index is 2.49. The molecule has 0 aromatic carbocycles. The van der Waals surface area contributed by atoms with Crippen molar-refractivity contribution in [2.75, 3.05) is 7.11 Å². The standard InChI is InChI=1S/C9H16O2/c1-6-4-8(7(2)10)5-9(6)11-3/h6,8-9H,4-5H2,1-3H3. The van der Waals surface area contributed by atoms with Gasteiger partial charge in [-0.1, -0.05) is 6.92 Å². The third-order valence-electron chi connectivity index (χ3n) is 2.69. The molecule has 64 valence electrons. The Morgan fingerprint density at radius 1 is 1.45 bits per heavy atom. The number of methoxy groups -OCH3 is 1. The molecule has 0 N–H and O–H groups in total. The van der Waals surface area contributed by atoms with E-state index < -0.39 is 0 Å². The lowest BCUT2D eigenvalue weighted by atomic mass is 10.0. The van der Waals surface area contributed by atoms with Crippen LogP contribution in [0.2, 0.25) is 0 Å². The number of Topliss-reactive ketones (excluding diaryl/α,β-unsaturated/α-hetero) is 1. The number of hydrogen-bond donors (Lipinski definition) is 0. The van der Waals surface area contributed by atoms with Gasteiger partial charge in [0.05, 0.1) is 6.10 Å². The molecule has 1 rings (SSSR count). The molecule has 0 aliphatic heterocycles. The summed E-state index contributed by atoms with van der Waals surface area (Å²) in [5, 5.41) is 0. The topological polar surface area (TPSA) is 26.3 Å². The highest BCUT2D eigenvalue weighted by atomic mass is 16.5. The fourth-order valence-electron chi connectivity index (χ4n) is 1.87. The average molecular weight is 156 g/mol. The number of ketones is 1. The monoisotopic (exact) mass is 156 g/mol. The van der Waals surface area contributed by atoms with Gasteiger partial charge in [0.25, 0.3) is 0 Å². The molecule has 0 bridgehead atoms. The second kappa shape index (κ2) is 3.35. The number of carbonyl (C=O) groups excluding carboxylic acids is 1. The molecule has 0 aromatic rings. The molecule has 1 saturated carbocycles. The Morgan fingerprint density at radius 2 is 2.09 bits per heavy atom. The zero-order chi connectivity index (χ0) is 8.43. The molecule has 1 aliphatic rings. The van der Waals surface area contributed by atoms with Crippen LogP contribution in [0.5, 0.6) is 0 Å². The van der Waals surface area contributed by atoms with E-state index in [1.165, 1.54) is 0 Å². The van der Waals surface area contributed by atoms with Gasteiger partial charge in [0.2, 0.25) is 0 Å². The summed E-state index contributed by atoms with van der Waals surface area (Å²) in [6.45, 7) is 3.83. The summed E-state index contributed by atoms with van der Waals surface area (Å²) >= 11 is 0. The van der Waals surface area contributed by atoms with Gasteiger partial charge in [0, 0.05) is 13.0 Å². The minimum Gasteiger partial charge on any atom is -0.381 e. The van der Waals surface area contributed by atoms with Crippen LogP contribution in [0, 0.1) is 11.8 Å². The van der Waals surface area contributed by atoms with Crippen LogP contribution < -0.4 is 0 Å². The van der Waals surface area contributed by atoms with E-state index in [-0.39, 0.29) is 5.92 Å². The maximum absolute atomic E-state index is 11.0. The van der Waals surface area contributed by atoms with Crippen molar-refractivity contribution in [1.82, 2.24) is 0 Å². The van der Waals surface area contributed by atoms with Crippen LogP contribution in [0.15, 0.2) is 0 Å². The first-order valence-electron chi connectivity index (χ1n) is 4.18. The quantitative estimate of drug-likeness (QED) is 0.607. The van der Waals surface area contributed by atoms with Crippen LogP contribution in [-0.2, 0) is 9.53 Å². The van der Waals surface area contributed by atoms with E-state index in [1.807, 2.05) is 0 Å². The molecule has 1 aliphatic carbocycles. The summed E-state index contributed by atoms with van der Waals surface area (Å²) in [5.74, 6) is 1.13. The van der Waals surface area contributed by atoms with Gasteiger partial charge in [0.1, 0.15) is 5.78 Å². The number of ether oxygens (including phenoxy) is 1. The minimum absolute atomic E-state index is 0.259. The molecule has 0 radical (unpaired) electrons. The Labute approximate surface area is 67.9 Å². The third kappa shape index (κ3) is 1.80. The summed E-state index contributed by atoms with van der Waals surface area (Å²) in [6.07, 6.45) is 2.24. The molecule has 0 heterocycles. The van der Waals surface area contributed by atoms with Crippen molar-refractivity contribution >= 4 is 5.78 Å². The van der Waals surface area contributed by atoms with Gasteiger partial charge < -0.3 is 4.74 Å². The zero-order valence-corrected chi connectivity index (χ0v) is 7.46. The number of hydrogen-bond acceptors (Lipinski definition) is 2. The SMILES string of the molecule is COC1CC(C(C)=O)CC1C. The van der Waals surface area contributed by atoms with Gasteiger partial charge >= 0.3 is 0 Å². The van der Waals surface area contributed by atoms with Gasteiger partial charge in [-0.3, -0.25) is 4.79 Å². The molecule has 0 saturated heterocycles. The van der Waals surface area contributed by atoms with E-state index in [1.54, 1.807) is 14.0 Å². The molecule has 2 nitrogen and oxygen atoms in total. The van der Waals surface area contributed by atoms with Gasteiger partial charge in [0.15, 0.2) is 0 Å². The molecule has 3 atom stereocenters. The first kappa shape index (κ1) is 8.72. The smallest absolute Gasteiger partial charge is 0.133 e. The number of rotatable bonds is 2. The first-order chi connectivity index (χ1) is 5.15. The fourth-order valence-corrected chi connectivity index (χ4v) is 1.87. The highest BCUT2D eigenvalue weighted by Gasteiger charge is 2.33. The normalized spacial score (nSPS) is 37.5. The van der Waals surface area contributed by atoms with E-state index >= 15 is 0 Å². The molecule has 0 aromatic heterocycles. The Morgan fingerprint density at radius 3 is 2.36 bits per heavy atom. The zero-order valence-electron chi connectivity index (χ0n) is 7.46. The van der Waals surface area contributed by atoms with Crippen molar-refractivity contribution in [1.29, 1.82) is 0 Å². The van der Waals surface area contributed by atoms with Gasteiger partial charge in [-0.2, -0.15) is 0 Å². The summed E-state index contributed by atoms with van der Waals surface area (Å²) < 4.78 is 5.25. The predicted octanol–water partition coefficient (Wildman–Crippen LogP) is 1.64. The van der Waals surface area contributed by atoms with Gasteiger partial charge in [-0.15, -0.1) is 0 Å². The van der Waals surface area contributed by atoms with Crippen molar-refractivity contribution < 1.29 is 9.53 Å². The van der Waals surface area contributed by atoms with Crippen LogP contribution in [-0.4, -0.2) is 19.0 Å². The molecular weight excluding hydrogens is 140 g/mol. The molecule has 1 fully saturated rings. The van der Waals surface area contributed by atoms with Crippen molar-refractivity contribution in [2.45, 2.75) is 32.8 Å².